The Morgan fingerprint density at radius 1 is 1.29 bits per heavy atom. The van der Waals surface area contributed by atoms with Crippen LogP contribution in [0.1, 0.15) is 27.2 Å². The van der Waals surface area contributed by atoms with Gasteiger partial charge in [-0.2, -0.15) is 0 Å². The van der Waals surface area contributed by atoms with Gasteiger partial charge < -0.3 is 20.6 Å². The number of aliphatic hydroxyl groups excluding tert-OH is 1. The summed E-state index contributed by atoms with van der Waals surface area (Å²) in [5.74, 6) is 4.83. The van der Waals surface area contributed by atoms with E-state index in [1.807, 2.05) is 0 Å². The minimum absolute atomic E-state index is 0.114. The van der Waals surface area contributed by atoms with Gasteiger partial charge >= 0.3 is 0 Å². The van der Waals surface area contributed by atoms with Crippen molar-refractivity contribution in [2.75, 3.05) is 13.7 Å². The number of hydrogen-bond acceptors (Lipinski definition) is 4. The molecule has 0 bridgehead atoms. The molecule has 4 N–H and O–H groups in total. The fraction of sp³-hybridized carbons (Fsp3) is 0.143. The van der Waals surface area contributed by atoms with Crippen LogP contribution < -0.4 is 15.9 Å². The lowest BCUT2D eigenvalue weighted by Gasteiger charge is -2.12. The number of aromatic nitrogens is 1. The number of rotatable bonds is 4. The molecule has 0 unspecified atom stereocenters. The number of ether oxygens (including phenoxy) is 1. The van der Waals surface area contributed by atoms with Gasteiger partial charge in [-0.25, -0.2) is 0 Å². The zero-order valence-corrected chi connectivity index (χ0v) is 15.8. The van der Waals surface area contributed by atoms with Gasteiger partial charge in [0, 0.05) is 22.7 Å². The zero-order valence-electron chi connectivity index (χ0n) is 15.0. The number of pyridine rings is 1. The quantitative estimate of drug-likeness (QED) is 0.588. The minimum atomic E-state index is -0.821. The highest BCUT2D eigenvalue weighted by Crippen LogP contribution is 2.26. The van der Waals surface area contributed by atoms with Crippen LogP contribution in [0.2, 0.25) is 5.02 Å². The first-order valence-electron chi connectivity index (χ1n) is 8.35. The van der Waals surface area contributed by atoms with E-state index in [-0.39, 0.29) is 24.0 Å². The van der Waals surface area contributed by atoms with Crippen molar-refractivity contribution in [3.05, 3.63) is 74.0 Å². The molecule has 28 heavy (non-hydrogen) atoms. The Labute approximate surface area is 165 Å². The molecule has 0 aliphatic carbocycles. The molecule has 0 aliphatic rings. The van der Waals surface area contributed by atoms with Gasteiger partial charge in [0.15, 0.2) is 0 Å². The molecule has 2 aromatic carbocycles. The van der Waals surface area contributed by atoms with Gasteiger partial charge in [-0.15, -0.1) is 0 Å². The number of carbonyl (C=O) groups is 1. The molecule has 0 aliphatic heterocycles. The molecule has 0 spiro atoms. The number of hydrogen-bond donors (Lipinski definition) is 3. The van der Waals surface area contributed by atoms with E-state index in [0.717, 1.165) is 5.56 Å². The number of methoxy groups -OCH3 is 1. The first-order chi connectivity index (χ1) is 13.4. The predicted molar refractivity (Wildman–Crippen MR) is 108 cm³/mol. The number of nitrogens with one attached hydrogen (secondary N) is 1. The third-order valence-electron chi connectivity index (χ3n) is 4.22. The molecule has 3 aromatic rings. The largest absolute Gasteiger partial charge is 0.495 e. The molecule has 3 rings (SSSR count). The first-order valence-corrected chi connectivity index (χ1v) is 8.73. The number of halogens is 1. The van der Waals surface area contributed by atoms with Crippen LogP contribution in [-0.4, -0.2) is 29.7 Å². The number of carbonyl (C=O) groups excluding carboxylic acids is 1. The number of fused-ring (bicyclic) bond motifs is 1. The van der Waals surface area contributed by atoms with Crippen molar-refractivity contribution in [1.29, 1.82) is 0 Å². The van der Waals surface area contributed by atoms with Gasteiger partial charge in [0.1, 0.15) is 17.9 Å². The van der Waals surface area contributed by atoms with E-state index in [2.05, 4.69) is 16.8 Å². The van der Waals surface area contributed by atoms with E-state index in [0.29, 0.717) is 27.5 Å². The molecule has 6 nitrogen and oxygen atoms in total. The summed E-state index contributed by atoms with van der Waals surface area (Å²) in [6, 6.07) is 10.3. The maximum Gasteiger partial charge on any atom is 0.254 e. The SMILES string of the molecule is COc1cc(C#CCO)cc2c(=O)c(C(N)=O)c(Cc3ccc(Cl)cc3)[nH]c12. The Balaban J connectivity index is 2.26. The van der Waals surface area contributed by atoms with Gasteiger partial charge in [0.25, 0.3) is 5.91 Å². The fourth-order valence-corrected chi connectivity index (χ4v) is 3.11. The topological polar surface area (TPSA) is 105 Å². The number of aromatic amines is 1. The van der Waals surface area contributed by atoms with Crippen molar-refractivity contribution in [1.82, 2.24) is 4.98 Å². The van der Waals surface area contributed by atoms with E-state index < -0.39 is 11.3 Å². The molecule has 0 saturated carbocycles. The van der Waals surface area contributed by atoms with Gasteiger partial charge in [0.2, 0.25) is 5.43 Å². The lowest BCUT2D eigenvalue weighted by atomic mass is 10.0. The Morgan fingerprint density at radius 2 is 2.00 bits per heavy atom. The molecule has 7 heteroatoms. The Kier molecular flexibility index (Phi) is 5.69. The molecular formula is C21H17ClN2O4. The number of amides is 1. The summed E-state index contributed by atoms with van der Waals surface area (Å²) >= 11 is 5.92. The zero-order chi connectivity index (χ0) is 20.3. The molecule has 0 atom stereocenters. The third kappa shape index (κ3) is 3.86. The summed E-state index contributed by atoms with van der Waals surface area (Å²) in [5, 5.41) is 9.71. The molecule has 1 aromatic heterocycles. The van der Waals surface area contributed by atoms with Crippen molar-refractivity contribution in [3.63, 3.8) is 0 Å². The van der Waals surface area contributed by atoms with E-state index in [1.165, 1.54) is 13.2 Å². The van der Waals surface area contributed by atoms with E-state index in [1.54, 1.807) is 30.3 Å². The Morgan fingerprint density at radius 3 is 2.61 bits per heavy atom. The smallest absolute Gasteiger partial charge is 0.254 e. The minimum Gasteiger partial charge on any atom is -0.495 e. The summed E-state index contributed by atoms with van der Waals surface area (Å²) in [5.41, 5.74) is 7.04. The Hall–Kier alpha value is -3.27. The van der Waals surface area contributed by atoms with Gasteiger partial charge in [0.05, 0.1) is 18.0 Å². The summed E-state index contributed by atoms with van der Waals surface area (Å²) in [7, 11) is 1.47. The van der Waals surface area contributed by atoms with Crippen molar-refractivity contribution < 1.29 is 14.6 Å². The molecule has 1 amide bonds. The van der Waals surface area contributed by atoms with Crippen molar-refractivity contribution >= 4 is 28.4 Å². The van der Waals surface area contributed by atoms with Crippen molar-refractivity contribution in [2.24, 2.45) is 5.73 Å². The lowest BCUT2D eigenvalue weighted by Crippen LogP contribution is -2.25. The number of aliphatic hydroxyl groups is 1. The molecule has 0 fully saturated rings. The van der Waals surface area contributed by atoms with Crippen LogP contribution in [-0.2, 0) is 6.42 Å². The van der Waals surface area contributed by atoms with Crippen LogP contribution >= 0.6 is 11.6 Å². The second-order valence-electron chi connectivity index (χ2n) is 6.04. The molecule has 0 radical (unpaired) electrons. The average molecular weight is 397 g/mol. The molecular weight excluding hydrogens is 380 g/mol. The second kappa shape index (κ2) is 8.17. The Bertz CT molecular complexity index is 1170. The van der Waals surface area contributed by atoms with Gasteiger partial charge in [-0.1, -0.05) is 35.6 Å². The van der Waals surface area contributed by atoms with E-state index >= 15 is 0 Å². The third-order valence-corrected chi connectivity index (χ3v) is 4.48. The molecule has 1 heterocycles. The maximum absolute atomic E-state index is 13.0. The van der Waals surface area contributed by atoms with Crippen LogP contribution in [0, 0.1) is 11.8 Å². The van der Waals surface area contributed by atoms with Gasteiger partial charge in [-0.05, 0) is 29.8 Å². The summed E-state index contributed by atoms with van der Waals surface area (Å²) in [4.78, 5) is 28.2. The number of primary amides is 1. The monoisotopic (exact) mass is 396 g/mol. The summed E-state index contributed by atoms with van der Waals surface area (Å²) in [6.45, 7) is -0.316. The van der Waals surface area contributed by atoms with Crippen molar-refractivity contribution in [2.45, 2.75) is 6.42 Å². The molecule has 0 saturated heterocycles. The van der Waals surface area contributed by atoms with E-state index in [4.69, 9.17) is 27.2 Å². The van der Waals surface area contributed by atoms with Crippen LogP contribution in [0.3, 0.4) is 0 Å². The van der Waals surface area contributed by atoms with E-state index in [9.17, 15) is 9.59 Å². The highest BCUT2D eigenvalue weighted by Gasteiger charge is 2.19. The summed E-state index contributed by atoms with van der Waals surface area (Å²) < 4.78 is 5.39. The standard InChI is InChI=1S/C21H17ClN2O4/c1-28-17-11-13(3-2-8-25)9-15-19(17)24-16(18(20(15)26)21(23)27)10-12-4-6-14(22)7-5-12/h4-7,9,11,25H,8,10H2,1H3,(H2,23,27)(H,24,26). The van der Waals surface area contributed by atoms with Crippen LogP contribution in [0.4, 0.5) is 0 Å². The predicted octanol–water partition coefficient (Wildman–Crippen LogP) is 2.22. The number of H-pyrrole nitrogens is 1. The fourth-order valence-electron chi connectivity index (χ4n) is 2.98. The second-order valence-corrected chi connectivity index (χ2v) is 6.47. The summed E-state index contributed by atoms with van der Waals surface area (Å²) in [6.07, 6.45) is 0.288. The maximum atomic E-state index is 13.0. The normalized spacial score (nSPS) is 10.4. The lowest BCUT2D eigenvalue weighted by molar-refractivity contribution is 0.0998. The number of benzene rings is 2. The van der Waals surface area contributed by atoms with Crippen LogP contribution in [0.5, 0.6) is 5.75 Å². The van der Waals surface area contributed by atoms with Gasteiger partial charge in [-0.3, -0.25) is 9.59 Å². The average Bonchev–Trinajstić information content (AvgIpc) is 2.67. The first kappa shape index (κ1) is 19.5. The molecule has 142 valence electrons. The highest BCUT2D eigenvalue weighted by atomic mass is 35.5. The van der Waals surface area contributed by atoms with Crippen molar-refractivity contribution in [3.8, 4) is 17.6 Å². The van der Waals surface area contributed by atoms with Crippen LogP contribution in [0.15, 0.2) is 41.2 Å². The van der Waals surface area contributed by atoms with Crippen LogP contribution in [0.25, 0.3) is 10.9 Å². The number of nitrogens with two attached hydrogens (primary N) is 1. The highest BCUT2D eigenvalue weighted by molar-refractivity contribution is 6.30.